The zero-order chi connectivity index (χ0) is 13.9. The third-order valence-corrected chi connectivity index (χ3v) is 5.02. The van der Waals surface area contributed by atoms with Crippen LogP contribution in [0.4, 0.5) is 5.69 Å². The summed E-state index contributed by atoms with van der Waals surface area (Å²) in [5.41, 5.74) is 2.96. The Morgan fingerprint density at radius 3 is 2.90 bits per heavy atom. The van der Waals surface area contributed by atoms with Gasteiger partial charge in [0, 0.05) is 17.8 Å². The van der Waals surface area contributed by atoms with E-state index in [1.165, 1.54) is 4.70 Å². The molecule has 0 atom stereocenters. The number of phenolic OH excluding ortho intramolecular Hbond substituents is 1. The van der Waals surface area contributed by atoms with Gasteiger partial charge in [0.2, 0.25) is 0 Å². The number of nitrogens with one attached hydrogen (secondary N) is 1. The third-order valence-electron chi connectivity index (χ3n) is 3.02. The second-order valence-electron chi connectivity index (χ2n) is 4.35. The van der Waals surface area contributed by atoms with E-state index in [4.69, 9.17) is 0 Å². The van der Waals surface area contributed by atoms with Crippen molar-refractivity contribution >= 4 is 39.0 Å². The molecule has 5 heteroatoms. The first kappa shape index (κ1) is 13.3. The first-order chi connectivity index (χ1) is 9.76. The number of para-hydroxylation sites is 1. The van der Waals surface area contributed by atoms with Gasteiger partial charge in [-0.2, -0.15) is 0 Å². The number of hydrogen-bond donors (Lipinski definition) is 2. The van der Waals surface area contributed by atoms with Crippen LogP contribution >= 0.6 is 23.1 Å². The molecule has 102 valence electrons. The van der Waals surface area contributed by atoms with Crippen LogP contribution in [-0.2, 0) is 6.54 Å². The van der Waals surface area contributed by atoms with Crippen molar-refractivity contribution in [3.05, 3.63) is 48.0 Å². The van der Waals surface area contributed by atoms with Gasteiger partial charge in [-0.1, -0.05) is 30.0 Å². The molecule has 0 aliphatic rings. The van der Waals surface area contributed by atoms with Gasteiger partial charge in [-0.15, -0.1) is 11.3 Å². The van der Waals surface area contributed by atoms with Crippen LogP contribution in [0.1, 0.15) is 5.56 Å². The summed E-state index contributed by atoms with van der Waals surface area (Å²) in [4.78, 5) is 4.52. The lowest BCUT2D eigenvalue weighted by Crippen LogP contribution is -1.99. The molecule has 1 heterocycles. The molecule has 3 aromatic rings. The summed E-state index contributed by atoms with van der Waals surface area (Å²) in [7, 11) is 0. The normalized spacial score (nSPS) is 10.8. The van der Waals surface area contributed by atoms with E-state index in [0.717, 1.165) is 21.1 Å². The maximum atomic E-state index is 9.74. The second kappa shape index (κ2) is 5.73. The maximum absolute atomic E-state index is 9.74. The van der Waals surface area contributed by atoms with Gasteiger partial charge >= 0.3 is 0 Å². The summed E-state index contributed by atoms with van der Waals surface area (Å²) in [5, 5.41) is 13.1. The smallest absolute Gasteiger partial charge is 0.150 e. The zero-order valence-corrected chi connectivity index (χ0v) is 12.6. The Bertz CT molecular complexity index is 740. The Hall–Kier alpha value is -1.72. The molecule has 0 saturated heterocycles. The summed E-state index contributed by atoms with van der Waals surface area (Å²) < 4.78 is 2.26. The van der Waals surface area contributed by atoms with Crippen molar-refractivity contribution in [1.82, 2.24) is 4.98 Å². The molecule has 20 heavy (non-hydrogen) atoms. The fraction of sp³-hybridized carbons (Fsp3) is 0.133. The number of phenols is 1. The standard InChI is InChI=1S/C15H14N2OS2/c1-19-15-17-12-7-6-11(8-14(12)20-15)16-9-10-4-2-3-5-13(10)18/h2-8,16,18H,9H2,1H3. The Balaban J connectivity index is 1.79. The SMILES string of the molecule is CSc1nc2ccc(NCc3ccccc3O)cc2s1. The Morgan fingerprint density at radius 2 is 2.10 bits per heavy atom. The summed E-state index contributed by atoms with van der Waals surface area (Å²) in [6.07, 6.45) is 2.04. The molecule has 1 aromatic heterocycles. The Morgan fingerprint density at radius 1 is 1.25 bits per heavy atom. The van der Waals surface area contributed by atoms with Crippen LogP contribution in [0.5, 0.6) is 5.75 Å². The molecule has 0 spiro atoms. The fourth-order valence-corrected chi connectivity index (χ4v) is 3.49. The molecule has 0 radical (unpaired) electrons. The van der Waals surface area contributed by atoms with Gasteiger partial charge in [-0.3, -0.25) is 0 Å². The summed E-state index contributed by atoms with van der Waals surface area (Å²) >= 11 is 3.37. The Labute approximate surface area is 125 Å². The van der Waals surface area contributed by atoms with Gasteiger partial charge in [0.15, 0.2) is 4.34 Å². The number of hydrogen-bond acceptors (Lipinski definition) is 5. The highest BCUT2D eigenvalue weighted by Crippen LogP contribution is 2.30. The first-order valence-corrected chi connectivity index (χ1v) is 8.26. The number of anilines is 1. The van der Waals surface area contributed by atoms with E-state index in [1.807, 2.05) is 36.6 Å². The molecule has 0 aliphatic heterocycles. The highest BCUT2D eigenvalue weighted by molar-refractivity contribution is 8.00. The van der Waals surface area contributed by atoms with E-state index < -0.39 is 0 Å². The van der Waals surface area contributed by atoms with Crippen molar-refractivity contribution in [2.24, 2.45) is 0 Å². The minimum atomic E-state index is 0.323. The number of thiazole rings is 1. The minimum absolute atomic E-state index is 0.323. The first-order valence-electron chi connectivity index (χ1n) is 6.21. The van der Waals surface area contributed by atoms with Crippen LogP contribution in [0.25, 0.3) is 10.2 Å². The number of aromatic nitrogens is 1. The molecule has 0 aliphatic carbocycles. The van der Waals surface area contributed by atoms with Crippen LogP contribution in [0.3, 0.4) is 0 Å². The third kappa shape index (κ3) is 2.73. The summed E-state index contributed by atoms with van der Waals surface area (Å²) in [6, 6.07) is 13.5. The Kier molecular flexibility index (Phi) is 3.80. The molecule has 3 rings (SSSR count). The molecule has 2 N–H and O–H groups in total. The van der Waals surface area contributed by atoms with Crippen molar-refractivity contribution in [2.45, 2.75) is 10.9 Å². The zero-order valence-electron chi connectivity index (χ0n) is 11.0. The van der Waals surface area contributed by atoms with Crippen LogP contribution in [0.15, 0.2) is 46.8 Å². The average molecular weight is 302 g/mol. The van der Waals surface area contributed by atoms with Gasteiger partial charge in [0.25, 0.3) is 0 Å². The summed E-state index contributed by atoms with van der Waals surface area (Å²) in [5.74, 6) is 0.323. The molecule has 0 fully saturated rings. The van der Waals surface area contributed by atoms with E-state index in [2.05, 4.69) is 16.4 Å². The molecule has 3 nitrogen and oxygen atoms in total. The van der Waals surface area contributed by atoms with E-state index in [1.54, 1.807) is 29.2 Å². The molecule has 2 aromatic carbocycles. The van der Waals surface area contributed by atoms with Gasteiger partial charge in [-0.05, 0) is 30.5 Å². The minimum Gasteiger partial charge on any atom is -0.508 e. The molecule has 0 saturated carbocycles. The van der Waals surface area contributed by atoms with Crippen LogP contribution in [-0.4, -0.2) is 16.3 Å². The highest BCUT2D eigenvalue weighted by Gasteiger charge is 2.04. The number of fused-ring (bicyclic) bond motifs is 1. The van der Waals surface area contributed by atoms with Crippen molar-refractivity contribution in [2.75, 3.05) is 11.6 Å². The summed E-state index contributed by atoms with van der Waals surface area (Å²) in [6.45, 7) is 0.604. The van der Waals surface area contributed by atoms with Crippen LogP contribution in [0.2, 0.25) is 0 Å². The maximum Gasteiger partial charge on any atom is 0.150 e. The van der Waals surface area contributed by atoms with E-state index in [9.17, 15) is 5.11 Å². The number of thioether (sulfide) groups is 1. The number of aromatic hydroxyl groups is 1. The quantitative estimate of drug-likeness (QED) is 0.704. The van der Waals surface area contributed by atoms with Crippen LogP contribution < -0.4 is 5.32 Å². The van der Waals surface area contributed by atoms with E-state index in [0.29, 0.717) is 12.3 Å². The van der Waals surface area contributed by atoms with E-state index in [-0.39, 0.29) is 0 Å². The monoisotopic (exact) mass is 302 g/mol. The van der Waals surface area contributed by atoms with Gasteiger partial charge in [0.1, 0.15) is 5.75 Å². The van der Waals surface area contributed by atoms with Crippen molar-refractivity contribution in [3.8, 4) is 5.75 Å². The highest BCUT2D eigenvalue weighted by atomic mass is 32.2. The number of rotatable bonds is 4. The average Bonchev–Trinajstić information content (AvgIpc) is 2.88. The van der Waals surface area contributed by atoms with Crippen LogP contribution in [0, 0.1) is 0 Å². The second-order valence-corrected chi connectivity index (χ2v) is 6.43. The van der Waals surface area contributed by atoms with Crippen molar-refractivity contribution in [3.63, 3.8) is 0 Å². The molecular formula is C15H14N2OS2. The molecule has 0 bridgehead atoms. The lowest BCUT2D eigenvalue weighted by molar-refractivity contribution is 0.469. The fourth-order valence-electron chi connectivity index (χ4n) is 1.96. The molecule has 0 unspecified atom stereocenters. The topological polar surface area (TPSA) is 45.2 Å². The number of benzene rings is 2. The predicted molar refractivity (Wildman–Crippen MR) is 86.8 cm³/mol. The van der Waals surface area contributed by atoms with Crippen molar-refractivity contribution in [1.29, 1.82) is 0 Å². The van der Waals surface area contributed by atoms with Gasteiger partial charge < -0.3 is 10.4 Å². The van der Waals surface area contributed by atoms with Crippen molar-refractivity contribution < 1.29 is 5.11 Å². The van der Waals surface area contributed by atoms with Gasteiger partial charge in [-0.25, -0.2) is 4.98 Å². The predicted octanol–water partition coefficient (Wildman–Crippen LogP) is 4.34. The van der Waals surface area contributed by atoms with E-state index >= 15 is 0 Å². The van der Waals surface area contributed by atoms with Gasteiger partial charge in [0.05, 0.1) is 10.2 Å². The lowest BCUT2D eigenvalue weighted by Gasteiger charge is -2.07. The number of nitrogens with zero attached hydrogens (tertiary/aromatic N) is 1. The molecule has 0 amide bonds. The lowest BCUT2D eigenvalue weighted by atomic mass is 10.2. The largest absolute Gasteiger partial charge is 0.508 e. The molecular weight excluding hydrogens is 288 g/mol.